The van der Waals surface area contributed by atoms with E-state index < -0.39 is 0 Å². The lowest BCUT2D eigenvalue weighted by Crippen LogP contribution is -2.45. The third kappa shape index (κ3) is 2.53. The van der Waals surface area contributed by atoms with Crippen LogP contribution in [0.2, 0.25) is 0 Å². The Balaban J connectivity index is 1.22. The van der Waals surface area contributed by atoms with Gasteiger partial charge in [0.15, 0.2) is 0 Å². The van der Waals surface area contributed by atoms with Gasteiger partial charge in [-0.1, -0.05) is 24.3 Å². The van der Waals surface area contributed by atoms with Crippen molar-refractivity contribution in [2.24, 2.45) is 11.8 Å². The number of rotatable bonds is 3. The normalized spacial score (nSPS) is 29.8. The number of nitrogens with zero attached hydrogens (tertiary/aromatic N) is 2. The molecule has 0 radical (unpaired) electrons. The molecule has 5 rings (SSSR count). The number of H-pyrrole nitrogens is 1. The summed E-state index contributed by atoms with van der Waals surface area (Å²) in [6.45, 7) is 1.64. The molecule has 0 unspecified atom stereocenters. The summed E-state index contributed by atoms with van der Waals surface area (Å²) < 4.78 is 0. The van der Waals surface area contributed by atoms with Crippen molar-refractivity contribution < 1.29 is 4.79 Å². The van der Waals surface area contributed by atoms with Gasteiger partial charge < -0.3 is 10.2 Å². The molecule has 2 N–H and O–H groups in total. The molecular weight excluding hydrogens is 312 g/mol. The molecule has 1 saturated carbocycles. The number of fused-ring (bicyclic) bond motifs is 3. The van der Waals surface area contributed by atoms with Crippen molar-refractivity contribution >= 4 is 6.03 Å². The molecule has 5 nitrogen and oxygen atoms in total. The standard InChI is InChI=1S/C20H24N4O/c25-20(24-8-4-3-7-18(24)14-10-22-23-11-14)21-12-17-16-9-13-5-1-2-6-15(13)19(16)17/h1-2,5-6,10-11,16-19H,3-4,7-9,12H2,(H,21,25)(H,22,23)/t16-,17+,18-,19+/m0/s1. The summed E-state index contributed by atoms with van der Waals surface area (Å²) in [6.07, 6.45) is 8.22. The van der Waals surface area contributed by atoms with E-state index in [1.54, 1.807) is 0 Å². The Kier molecular flexibility index (Phi) is 3.54. The number of hydrogen-bond donors (Lipinski definition) is 2. The largest absolute Gasteiger partial charge is 0.338 e. The minimum Gasteiger partial charge on any atom is -0.338 e. The van der Waals surface area contributed by atoms with Crippen molar-refractivity contribution in [1.29, 1.82) is 0 Å². The molecule has 2 aromatic rings. The van der Waals surface area contributed by atoms with Crippen LogP contribution < -0.4 is 5.32 Å². The maximum absolute atomic E-state index is 12.8. The molecule has 2 heterocycles. The monoisotopic (exact) mass is 336 g/mol. The predicted molar refractivity (Wildman–Crippen MR) is 95.2 cm³/mol. The summed E-state index contributed by atoms with van der Waals surface area (Å²) in [6, 6.07) is 9.03. The Bertz CT molecular complexity index is 772. The van der Waals surface area contributed by atoms with E-state index in [4.69, 9.17) is 0 Å². The van der Waals surface area contributed by atoms with Crippen LogP contribution >= 0.6 is 0 Å². The summed E-state index contributed by atoms with van der Waals surface area (Å²) in [5.74, 6) is 2.03. The topological polar surface area (TPSA) is 61.0 Å². The zero-order valence-electron chi connectivity index (χ0n) is 14.3. The third-order valence-corrected chi connectivity index (χ3v) is 6.36. The molecule has 2 amide bonds. The average Bonchev–Trinajstić information content (AvgIpc) is 3.04. The van der Waals surface area contributed by atoms with Crippen LogP contribution in [0.4, 0.5) is 4.79 Å². The van der Waals surface area contributed by atoms with Crippen molar-refractivity contribution in [3.05, 3.63) is 53.3 Å². The summed E-state index contributed by atoms with van der Waals surface area (Å²) >= 11 is 0. The van der Waals surface area contributed by atoms with Crippen LogP contribution in [-0.2, 0) is 6.42 Å². The number of carbonyl (C=O) groups is 1. The number of carbonyl (C=O) groups excluding carboxylic acids is 1. The van der Waals surface area contributed by atoms with E-state index in [2.05, 4.69) is 39.8 Å². The number of nitrogens with one attached hydrogen (secondary N) is 2. The minimum atomic E-state index is 0.0872. The van der Waals surface area contributed by atoms with Crippen LogP contribution in [0, 0.1) is 11.8 Å². The molecule has 1 aromatic heterocycles. The first kappa shape index (κ1) is 15.0. The van der Waals surface area contributed by atoms with E-state index in [0.717, 1.165) is 37.4 Å². The number of aromatic amines is 1. The van der Waals surface area contributed by atoms with Crippen LogP contribution in [-0.4, -0.2) is 34.2 Å². The summed E-state index contributed by atoms with van der Waals surface area (Å²) in [7, 11) is 0. The Morgan fingerprint density at radius 1 is 1.32 bits per heavy atom. The molecular formula is C20H24N4O. The van der Waals surface area contributed by atoms with Crippen molar-refractivity contribution in [1.82, 2.24) is 20.4 Å². The van der Waals surface area contributed by atoms with Crippen molar-refractivity contribution in [3.8, 4) is 0 Å². The fraction of sp³-hybridized carbons (Fsp3) is 0.500. The lowest BCUT2D eigenvalue weighted by Gasteiger charge is -2.35. The highest BCUT2D eigenvalue weighted by atomic mass is 16.2. The highest BCUT2D eigenvalue weighted by Gasteiger charge is 2.55. The van der Waals surface area contributed by atoms with E-state index in [9.17, 15) is 4.79 Å². The zero-order valence-corrected chi connectivity index (χ0v) is 14.3. The van der Waals surface area contributed by atoms with E-state index in [1.807, 2.05) is 17.3 Å². The van der Waals surface area contributed by atoms with Gasteiger partial charge in [-0.2, -0.15) is 5.10 Å². The van der Waals surface area contributed by atoms with Crippen LogP contribution in [0.3, 0.4) is 0 Å². The second-order valence-electron chi connectivity index (χ2n) is 7.68. The smallest absolute Gasteiger partial charge is 0.317 e. The average molecular weight is 336 g/mol. The highest BCUT2D eigenvalue weighted by molar-refractivity contribution is 5.75. The molecule has 130 valence electrons. The first-order valence-electron chi connectivity index (χ1n) is 9.44. The third-order valence-electron chi connectivity index (χ3n) is 6.36. The molecule has 3 aliphatic rings. The van der Waals surface area contributed by atoms with Crippen LogP contribution in [0.25, 0.3) is 0 Å². The second-order valence-corrected chi connectivity index (χ2v) is 7.68. The SMILES string of the molecule is O=C(NC[C@@H]1[C@@H]2Cc3ccccc3[C@@H]12)N1CCCC[C@H]1c1cn[nH]c1. The molecule has 2 aliphatic carbocycles. The van der Waals surface area contributed by atoms with Gasteiger partial charge in [0, 0.05) is 24.8 Å². The van der Waals surface area contributed by atoms with E-state index in [1.165, 1.54) is 24.0 Å². The van der Waals surface area contributed by atoms with Crippen molar-refractivity contribution in [2.45, 2.75) is 37.6 Å². The molecule has 1 saturated heterocycles. The second kappa shape index (κ2) is 5.90. The number of likely N-dealkylation sites (tertiary alicyclic amines) is 1. The lowest BCUT2D eigenvalue weighted by molar-refractivity contribution is 0.151. The summed E-state index contributed by atoms with van der Waals surface area (Å²) in [4.78, 5) is 14.8. The number of benzene rings is 1. The minimum absolute atomic E-state index is 0.0872. The Labute approximate surface area is 147 Å². The zero-order chi connectivity index (χ0) is 16.8. The highest BCUT2D eigenvalue weighted by Crippen LogP contribution is 2.60. The molecule has 4 atom stereocenters. The van der Waals surface area contributed by atoms with Crippen molar-refractivity contribution in [2.75, 3.05) is 13.1 Å². The lowest BCUT2D eigenvalue weighted by atomic mass is 9.98. The quantitative estimate of drug-likeness (QED) is 0.904. The van der Waals surface area contributed by atoms with Gasteiger partial charge in [0.05, 0.1) is 12.2 Å². The van der Waals surface area contributed by atoms with E-state index >= 15 is 0 Å². The molecule has 0 spiro atoms. The molecule has 1 aromatic carbocycles. The first-order valence-corrected chi connectivity index (χ1v) is 9.44. The van der Waals surface area contributed by atoms with Gasteiger partial charge in [0.25, 0.3) is 0 Å². The summed E-state index contributed by atoms with van der Waals surface area (Å²) in [5, 5.41) is 10.1. The van der Waals surface area contributed by atoms with Crippen LogP contribution in [0.5, 0.6) is 0 Å². The number of amides is 2. The van der Waals surface area contributed by atoms with Gasteiger partial charge in [0.1, 0.15) is 0 Å². The molecule has 2 fully saturated rings. The Morgan fingerprint density at radius 2 is 2.24 bits per heavy atom. The molecule has 1 aliphatic heterocycles. The Hall–Kier alpha value is -2.30. The number of aromatic nitrogens is 2. The number of urea groups is 1. The van der Waals surface area contributed by atoms with E-state index in [-0.39, 0.29) is 12.1 Å². The maximum Gasteiger partial charge on any atom is 0.317 e. The number of hydrogen-bond acceptors (Lipinski definition) is 2. The fourth-order valence-corrected chi connectivity index (χ4v) is 5.03. The van der Waals surface area contributed by atoms with Crippen LogP contribution in [0.15, 0.2) is 36.7 Å². The maximum atomic E-state index is 12.8. The molecule has 25 heavy (non-hydrogen) atoms. The fourth-order valence-electron chi connectivity index (χ4n) is 5.03. The van der Waals surface area contributed by atoms with Gasteiger partial charge in [0.2, 0.25) is 0 Å². The molecule has 5 heteroatoms. The van der Waals surface area contributed by atoms with Gasteiger partial charge in [-0.05, 0) is 54.6 Å². The first-order chi connectivity index (χ1) is 12.3. The Morgan fingerprint density at radius 3 is 3.12 bits per heavy atom. The van der Waals surface area contributed by atoms with Crippen LogP contribution in [0.1, 0.15) is 47.9 Å². The van der Waals surface area contributed by atoms with Gasteiger partial charge >= 0.3 is 6.03 Å². The predicted octanol–water partition coefficient (Wildman–Crippen LogP) is 3.23. The van der Waals surface area contributed by atoms with Crippen molar-refractivity contribution in [3.63, 3.8) is 0 Å². The van der Waals surface area contributed by atoms with Gasteiger partial charge in [-0.15, -0.1) is 0 Å². The molecule has 0 bridgehead atoms. The van der Waals surface area contributed by atoms with E-state index in [0.29, 0.717) is 11.8 Å². The summed E-state index contributed by atoms with van der Waals surface area (Å²) in [5.41, 5.74) is 4.14. The van der Waals surface area contributed by atoms with Gasteiger partial charge in [-0.25, -0.2) is 4.79 Å². The number of piperidine rings is 1. The van der Waals surface area contributed by atoms with Gasteiger partial charge in [-0.3, -0.25) is 5.10 Å².